The van der Waals surface area contributed by atoms with Gasteiger partial charge in [0.1, 0.15) is 0 Å². The molecule has 0 heterocycles. The second-order valence-corrected chi connectivity index (χ2v) is 5.90. The fourth-order valence-electron chi connectivity index (χ4n) is 2.72. The number of anilines is 1. The van der Waals surface area contributed by atoms with Crippen molar-refractivity contribution in [3.8, 4) is 0 Å². The first-order chi connectivity index (χ1) is 9.91. The lowest BCUT2D eigenvalue weighted by Crippen LogP contribution is -2.31. The molecule has 114 valence electrons. The molecule has 0 atom stereocenters. The number of para-hydroxylation sites is 1. The number of nitrogens with one attached hydrogen (secondary N) is 1. The van der Waals surface area contributed by atoms with Crippen LogP contribution < -0.4 is 5.32 Å². The van der Waals surface area contributed by atoms with Crippen molar-refractivity contribution in [2.45, 2.75) is 37.7 Å². The Bertz CT molecular complexity index is 534. The topological polar surface area (TPSA) is 69.6 Å². The Hall–Kier alpha value is -1.88. The lowest BCUT2D eigenvalue weighted by atomic mass is 9.97. The van der Waals surface area contributed by atoms with Crippen molar-refractivity contribution >= 4 is 17.5 Å². The molecule has 1 aromatic carbocycles. The van der Waals surface area contributed by atoms with E-state index in [1.165, 1.54) is 4.90 Å². The molecule has 0 aliphatic heterocycles. The maximum Gasteiger partial charge on any atom is 0.255 e. The van der Waals surface area contributed by atoms with Gasteiger partial charge in [0, 0.05) is 14.1 Å². The highest BCUT2D eigenvalue weighted by atomic mass is 16.3. The Balaban J connectivity index is 2.09. The minimum atomic E-state index is -0.884. The summed E-state index contributed by atoms with van der Waals surface area (Å²) in [5, 5.41) is 13.0. The van der Waals surface area contributed by atoms with Crippen molar-refractivity contribution in [1.29, 1.82) is 0 Å². The van der Waals surface area contributed by atoms with Crippen LogP contribution in [0.4, 0.5) is 5.69 Å². The number of carbonyl (C=O) groups is 2. The lowest BCUT2D eigenvalue weighted by molar-refractivity contribution is -0.120. The van der Waals surface area contributed by atoms with E-state index in [4.69, 9.17) is 0 Å². The molecule has 0 saturated heterocycles. The summed E-state index contributed by atoms with van der Waals surface area (Å²) in [4.78, 5) is 25.7. The van der Waals surface area contributed by atoms with Crippen LogP contribution in [0.25, 0.3) is 0 Å². The Morgan fingerprint density at radius 1 is 1.24 bits per heavy atom. The number of rotatable bonds is 4. The van der Waals surface area contributed by atoms with E-state index < -0.39 is 5.60 Å². The molecule has 1 aliphatic carbocycles. The van der Waals surface area contributed by atoms with E-state index in [0.29, 0.717) is 24.1 Å². The number of nitrogens with zero attached hydrogens (tertiary/aromatic N) is 1. The summed E-state index contributed by atoms with van der Waals surface area (Å²) in [6.07, 6.45) is 3.33. The molecule has 0 unspecified atom stereocenters. The van der Waals surface area contributed by atoms with E-state index in [1.54, 1.807) is 38.4 Å². The number of hydrogen-bond donors (Lipinski definition) is 2. The number of aliphatic hydroxyl groups is 1. The molecule has 5 nitrogen and oxygen atoms in total. The average Bonchev–Trinajstić information content (AvgIpc) is 2.84. The average molecular weight is 290 g/mol. The quantitative estimate of drug-likeness (QED) is 0.891. The third kappa shape index (κ3) is 3.82. The molecule has 0 aromatic heterocycles. The van der Waals surface area contributed by atoms with Crippen LogP contribution in [0.2, 0.25) is 0 Å². The van der Waals surface area contributed by atoms with Crippen LogP contribution in [0.1, 0.15) is 42.5 Å². The van der Waals surface area contributed by atoms with E-state index >= 15 is 0 Å². The number of hydrogen-bond acceptors (Lipinski definition) is 3. The molecule has 5 heteroatoms. The Morgan fingerprint density at radius 3 is 2.48 bits per heavy atom. The first-order valence-electron chi connectivity index (χ1n) is 7.24. The van der Waals surface area contributed by atoms with Gasteiger partial charge in [-0.05, 0) is 25.0 Å². The summed E-state index contributed by atoms with van der Waals surface area (Å²) in [5.41, 5.74) is 0.0574. The zero-order valence-corrected chi connectivity index (χ0v) is 12.6. The van der Waals surface area contributed by atoms with Crippen LogP contribution in [-0.4, -0.2) is 41.5 Å². The largest absolute Gasteiger partial charge is 0.389 e. The summed E-state index contributed by atoms with van der Waals surface area (Å²) in [5.74, 6) is -0.413. The summed E-state index contributed by atoms with van der Waals surface area (Å²) in [6, 6.07) is 6.92. The summed E-state index contributed by atoms with van der Waals surface area (Å²) in [6.45, 7) is 0. The number of benzene rings is 1. The SMILES string of the molecule is CN(C)C(=O)c1ccccc1NC(=O)CC1(O)CCCC1. The van der Waals surface area contributed by atoms with Crippen LogP contribution in [0.15, 0.2) is 24.3 Å². The Labute approximate surface area is 125 Å². The van der Waals surface area contributed by atoms with Gasteiger partial charge in [0.2, 0.25) is 5.91 Å². The van der Waals surface area contributed by atoms with E-state index in [9.17, 15) is 14.7 Å². The van der Waals surface area contributed by atoms with Gasteiger partial charge in [0.05, 0.1) is 23.3 Å². The third-order valence-corrected chi connectivity index (χ3v) is 3.86. The maximum atomic E-state index is 12.1. The second kappa shape index (κ2) is 6.26. The van der Waals surface area contributed by atoms with Gasteiger partial charge in [0.15, 0.2) is 0 Å². The summed E-state index contributed by atoms with van der Waals surface area (Å²) >= 11 is 0. The first kappa shape index (κ1) is 15.5. The molecule has 21 heavy (non-hydrogen) atoms. The van der Waals surface area contributed by atoms with Gasteiger partial charge in [-0.3, -0.25) is 9.59 Å². The smallest absolute Gasteiger partial charge is 0.255 e. The third-order valence-electron chi connectivity index (χ3n) is 3.86. The normalized spacial score (nSPS) is 16.5. The molecule has 1 aliphatic rings. The van der Waals surface area contributed by atoms with Crippen molar-refractivity contribution in [3.63, 3.8) is 0 Å². The fraction of sp³-hybridized carbons (Fsp3) is 0.500. The van der Waals surface area contributed by atoms with Gasteiger partial charge >= 0.3 is 0 Å². The molecule has 1 saturated carbocycles. The minimum absolute atomic E-state index is 0.0808. The molecular weight excluding hydrogens is 268 g/mol. The van der Waals surface area contributed by atoms with Crippen LogP contribution in [0, 0.1) is 0 Å². The van der Waals surface area contributed by atoms with E-state index in [0.717, 1.165) is 12.8 Å². The highest BCUT2D eigenvalue weighted by Gasteiger charge is 2.33. The van der Waals surface area contributed by atoms with Crippen molar-refractivity contribution < 1.29 is 14.7 Å². The van der Waals surface area contributed by atoms with Crippen molar-refractivity contribution in [2.24, 2.45) is 0 Å². The fourth-order valence-corrected chi connectivity index (χ4v) is 2.72. The molecule has 1 aromatic rings. The molecule has 1 fully saturated rings. The predicted octanol–water partition coefficient (Wildman–Crippen LogP) is 2.02. The lowest BCUT2D eigenvalue weighted by Gasteiger charge is -2.21. The van der Waals surface area contributed by atoms with Crippen LogP contribution in [-0.2, 0) is 4.79 Å². The van der Waals surface area contributed by atoms with E-state index in [1.807, 2.05) is 0 Å². The van der Waals surface area contributed by atoms with Crippen LogP contribution in [0.5, 0.6) is 0 Å². The molecule has 0 bridgehead atoms. The van der Waals surface area contributed by atoms with Crippen LogP contribution >= 0.6 is 0 Å². The highest BCUT2D eigenvalue weighted by molar-refractivity contribution is 6.03. The van der Waals surface area contributed by atoms with Gasteiger partial charge in [0.25, 0.3) is 5.91 Å². The van der Waals surface area contributed by atoms with Gasteiger partial charge in [-0.25, -0.2) is 0 Å². The van der Waals surface area contributed by atoms with Crippen molar-refractivity contribution in [2.75, 3.05) is 19.4 Å². The molecule has 2 amide bonds. The zero-order chi connectivity index (χ0) is 15.5. The van der Waals surface area contributed by atoms with Gasteiger partial charge < -0.3 is 15.3 Å². The number of carbonyl (C=O) groups excluding carboxylic acids is 2. The number of amides is 2. The van der Waals surface area contributed by atoms with Gasteiger partial charge in [-0.15, -0.1) is 0 Å². The maximum absolute atomic E-state index is 12.1. The van der Waals surface area contributed by atoms with Gasteiger partial charge in [-0.1, -0.05) is 25.0 Å². The highest BCUT2D eigenvalue weighted by Crippen LogP contribution is 2.32. The zero-order valence-electron chi connectivity index (χ0n) is 12.6. The predicted molar refractivity (Wildman–Crippen MR) is 81.1 cm³/mol. The van der Waals surface area contributed by atoms with Gasteiger partial charge in [-0.2, -0.15) is 0 Å². The van der Waals surface area contributed by atoms with E-state index in [2.05, 4.69) is 5.32 Å². The molecular formula is C16H22N2O3. The standard InChI is InChI=1S/C16H22N2O3/c1-18(2)15(20)12-7-3-4-8-13(12)17-14(19)11-16(21)9-5-6-10-16/h3-4,7-8,21H,5-6,9-11H2,1-2H3,(H,17,19). The van der Waals surface area contributed by atoms with E-state index in [-0.39, 0.29) is 18.2 Å². The molecule has 0 radical (unpaired) electrons. The summed E-state index contributed by atoms with van der Waals surface area (Å²) < 4.78 is 0. The van der Waals surface area contributed by atoms with Crippen LogP contribution in [0.3, 0.4) is 0 Å². The minimum Gasteiger partial charge on any atom is -0.389 e. The molecule has 2 N–H and O–H groups in total. The molecule has 0 spiro atoms. The second-order valence-electron chi connectivity index (χ2n) is 5.90. The van der Waals surface area contributed by atoms with Crippen molar-refractivity contribution in [1.82, 2.24) is 4.90 Å². The monoisotopic (exact) mass is 290 g/mol. The summed E-state index contributed by atoms with van der Waals surface area (Å²) in [7, 11) is 3.34. The molecule has 2 rings (SSSR count). The first-order valence-corrected chi connectivity index (χ1v) is 7.24. The van der Waals surface area contributed by atoms with Crippen molar-refractivity contribution in [3.05, 3.63) is 29.8 Å². The Kier molecular flexibility index (Phi) is 4.63. The Morgan fingerprint density at radius 2 is 1.86 bits per heavy atom.